The first kappa shape index (κ1) is 27.0. The Morgan fingerprint density at radius 2 is 1.63 bits per heavy atom. The molecule has 0 aromatic heterocycles. The molecule has 11 heteroatoms. The van der Waals surface area contributed by atoms with Gasteiger partial charge in [0.15, 0.2) is 0 Å². The number of hydrogen-bond acceptors (Lipinski definition) is 6. The van der Waals surface area contributed by atoms with E-state index in [4.69, 9.17) is 14.0 Å². The molecule has 192 valence electrons. The lowest BCUT2D eigenvalue weighted by Gasteiger charge is -2.32. The summed E-state index contributed by atoms with van der Waals surface area (Å²) in [6.45, 7) is 9.37. The van der Waals surface area contributed by atoms with Gasteiger partial charge in [0.05, 0.1) is 36.8 Å². The van der Waals surface area contributed by atoms with E-state index in [1.807, 2.05) is 58.0 Å². The molecule has 3 rings (SSSR count). The molecular weight excluding hydrogens is 453 g/mol. The van der Waals surface area contributed by atoms with Gasteiger partial charge in [0.2, 0.25) is 11.8 Å². The molecule has 1 unspecified atom stereocenters. The highest BCUT2D eigenvalue weighted by Crippen LogP contribution is 2.38. The van der Waals surface area contributed by atoms with E-state index >= 15 is 0 Å². The second-order valence-electron chi connectivity index (χ2n) is 9.96. The van der Waals surface area contributed by atoms with Crippen molar-refractivity contribution in [2.45, 2.75) is 70.1 Å². The first-order valence-electron chi connectivity index (χ1n) is 12.0. The number of nitrogens with zero attached hydrogens (tertiary/aromatic N) is 1. The Kier molecular flexibility index (Phi) is 8.79. The molecule has 0 aliphatic carbocycles. The number of carbonyl (C=O) groups excluding carboxylic acids is 2. The average Bonchev–Trinajstić information content (AvgIpc) is 3.03. The van der Waals surface area contributed by atoms with Gasteiger partial charge >= 0.3 is 13.2 Å². The third kappa shape index (κ3) is 7.19. The number of morpholine rings is 1. The quantitative estimate of drug-likeness (QED) is 0.450. The van der Waals surface area contributed by atoms with Crippen molar-refractivity contribution in [1.82, 2.24) is 15.5 Å². The van der Waals surface area contributed by atoms with Gasteiger partial charge in [-0.15, -0.1) is 0 Å². The van der Waals surface area contributed by atoms with E-state index in [1.165, 1.54) is 0 Å². The number of hydrogen-bond donors (Lipinski definition) is 3. The first-order valence-corrected chi connectivity index (χ1v) is 12.0. The van der Waals surface area contributed by atoms with E-state index in [-0.39, 0.29) is 12.3 Å². The van der Waals surface area contributed by atoms with Gasteiger partial charge in [-0.05, 0) is 46.1 Å². The molecule has 0 radical (unpaired) electrons. The summed E-state index contributed by atoms with van der Waals surface area (Å²) >= 11 is 0. The van der Waals surface area contributed by atoms with Crippen molar-refractivity contribution in [1.29, 1.82) is 0 Å². The van der Waals surface area contributed by atoms with Crippen LogP contribution in [0, 0.1) is 0 Å². The van der Waals surface area contributed by atoms with Crippen LogP contribution in [0.1, 0.15) is 46.1 Å². The van der Waals surface area contributed by atoms with Crippen LogP contribution in [-0.2, 0) is 30.1 Å². The van der Waals surface area contributed by atoms with Crippen molar-refractivity contribution in [3.63, 3.8) is 0 Å². The molecule has 1 aromatic rings. The lowest BCUT2D eigenvalue weighted by atomic mass is 9.75. The standard InChI is InChI=1S/C24H36BN3O7/c1-23(2)24(3,4)35-25(34-23)19(11-10-17-8-6-5-7-9-17)27-21(30)18(26-22(31)32)16-20(29)28-12-14-33-15-13-28/h5-9,18-19,26H,10-16H2,1-4H3,(H,27,30)(H,31,32)/t18?,19-/m0/s1. The van der Waals surface area contributed by atoms with E-state index < -0.39 is 42.3 Å². The van der Waals surface area contributed by atoms with Crippen molar-refractivity contribution >= 4 is 25.0 Å². The lowest BCUT2D eigenvalue weighted by Crippen LogP contribution is -2.56. The molecule has 3 amide bonds. The van der Waals surface area contributed by atoms with E-state index in [0.29, 0.717) is 39.1 Å². The van der Waals surface area contributed by atoms with Crippen LogP contribution in [0.2, 0.25) is 0 Å². The van der Waals surface area contributed by atoms with Crippen LogP contribution in [0.15, 0.2) is 30.3 Å². The Morgan fingerprint density at radius 1 is 1.03 bits per heavy atom. The zero-order valence-electron chi connectivity index (χ0n) is 20.9. The Hall–Kier alpha value is -2.63. The van der Waals surface area contributed by atoms with Crippen LogP contribution < -0.4 is 10.6 Å². The van der Waals surface area contributed by atoms with Gasteiger partial charge in [-0.25, -0.2) is 4.79 Å². The molecule has 35 heavy (non-hydrogen) atoms. The molecule has 2 heterocycles. The number of rotatable bonds is 9. The Bertz CT molecular complexity index is 874. The average molecular weight is 489 g/mol. The van der Waals surface area contributed by atoms with Crippen LogP contribution in [0.5, 0.6) is 0 Å². The summed E-state index contributed by atoms with van der Waals surface area (Å²) in [5.41, 5.74) is -0.109. The van der Waals surface area contributed by atoms with Crippen LogP contribution in [0.4, 0.5) is 4.79 Å². The minimum atomic E-state index is -1.38. The van der Waals surface area contributed by atoms with E-state index in [2.05, 4.69) is 10.6 Å². The number of benzene rings is 1. The van der Waals surface area contributed by atoms with Gasteiger partial charge in [-0.3, -0.25) is 9.59 Å². The number of carboxylic acid groups (broad SMARTS) is 1. The molecule has 0 spiro atoms. The number of amides is 3. The summed E-state index contributed by atoms with van der Waals surface area (Å²) < 4.78 is 17.6. The number of aryl methyl sites for hydroxylation is 1. The summed E-state index contributed by atoms with van der Waals surface area (Å²) in [5.74, 6) is -1.46. The molecule has 3 N–H and O–H groups in total. The third-order valence-corrected chi connectivity index (χ3v) is 6.87. The van der Waals surface area contributed by atoms with E-state index in [0.717, 1.165) is 5.56 Å². The SMILES string of the molecule is CC1(C)OB([C@H](CCc2ccccc2)NC(=O)C(CC(=O)N2CCOCC2)NC(=O)O)OC1(C)C. The van der Waals surface area contributed by atoms with Crippen LogP contribution in [0.25, 0.3) is 0 Å². The second kappa shape index (κ2) is 11.4. The Labute approximate surface area is 206 Å². The van der Waals surface area contributed by atoms with Crippen LogP contribution in [-0.4, -0.2) is 84.5 Å². The van der Waals surface area contributed by atoms with Gasteiger partial charge in [0, 0.05) is 13.1 Å². The zero-order chi connectivity index (χ0) is 25.6. The molecule has 0 bridgehead atoms. The van der Waals surface area contributed by atoms with Gasteiger partial charge in [0.1, 0.15) is 6.04 Å². The highest BCUT2D eigenvalue weighted by atomic mass is 16.7. The van der Waals surface area contributed by atoms with Crippen molar-refractivity contribution in [2.75, 3.05) is 26.3 Å². The highest BCUT2D eigenvalue weighted by Gasteiger charge is 2.54. The molecule has 1 aromatic carbocycles. The maximum atomic E-state index is 13.3. The summed E-state index contributed by atoms with van der Waals surface area (Å²) in [5, 5.41) is 14.4. The maximum Gasteiger partial charge on any atom is 0.481 e. The van der Waals surface area contributed by atoms with Crippen molar-refractivity contribution in [3.05, 3.63) is 35.9 Å². The maximum absolute atomic E-state index is 13.3. The van der Waals surface area contributed by atoms with Gasteiger partial charge < -0.3 is 34.7 Å². The van der Waals surface area contributed by atoms with Crippen molar-refractivity contribution in [2.24, 2.45) is 0 Å². The number of ether oxygens (including phenoxy) is 1. The molecule has 2 aliphatic rings. The fourth-order valence-electron chi connectivity index (χ4n) is 4.05. The summed E-state index contributed by atoms with van der Waals surface area (Å²) in [7, 11) is -0.729. The molecule has 2 atom stereocenters. The number of carbonyl (C=O) groups is 3. The predicted molar refractivity (Wildman–Crippen MR) is 130 cm³/mol. The fraction of sp³-hybridized carbons (Fsp3) is 0.625. The van der Waals surface area contributed by atoms with Gasteiger partial charge in [0.25, 0.3) is 0 Å². The fourth-order valence-corrected chi connectivity index (χ4v) is 4.05. The monoisotopic (exact) mass is 489 g/mol. The van der Waals surface area contributed by atoms with Crippen molar-refractivity contribution < 1.29 is 33.5 Å². The van der Waals surface area contributed by atoms with E-state index in [9.17, 15) is 19.5 Å². The number of nitrogens with one attached hydrogen (secondary N) is 2. The smallest absolute Gasteiger partial charge is 0.465 e. The normalized spacial score (nSPS) is 20.7. The Balaban J connectivity index is 1.73. The lowest BCUT2D eigenvalue weighted by molar-refractivity contribution is -0.138. The minimum Gasteiger partial charge on any atom is -0.465 e. The minimum absolute atomic E-state index is 0.285. The van der Waals surface area contributed by atoms with Gasteiger partial charge in [-0.2, -0.15) is 0 Å². The van der Waals surface area contributed by atoms with E-state index in [1.54, 1.807) is 4.90 Å². The summed E-state index contributed by atoms with van der Waals surface area (Å²) in [4.78, 5) is 39.0. The molecular formula is C24H36BN3O7. The Morgan fingerprint density at radius 3 is 2.20 bits per heavy atom. The molecule has 2 fully saturated rings. The third-order valence-electron chi connectivity index (χ3n) is 6.87. The van der Waals surface area contributed by atoms with Crippen molar-refractivity contribution in [3.8, 4) is 0 Å². The summed E-state index contributed by atoms with van der Waals surface area (Å²) in [6.07, 6.45) is -0.507. The second-order valence-corrected chi connectivity index (χ2v) is 9.96. The predicted octanol–water partition coefficient (Wildman–Crippen LogP) is 1.62. The molecule has 0 saturated carbocycles. The zero-order valence-corrected chi connectivity index (χ0v) is 20.9. The van der Waals surface area contributed by atoms with Gasteiger partial charge in [-0.1, -0.05) is 30.3 Å². The molecule has 2 saturated heterocycles. The molecule has 2 aliphatic heterocycles. The van der Waals surface area contributed by atoms with Crippen LogP contribution >= 0.6 is 0 Å². The highest BCUT2D eigenvalue weighted by molar-refractivity contribution is 6.48. The largest absolute Gasteiger partial charge is 0.481 e. The summed E-state index contributed by atoms with van der Waals surface area (Å²) in [6, 6.07) is 8.58. The molecule has 10 nitrogen and oxygen atoms in total. The topological polar surface area (TPSA) is 126 Å². The van der Waals surface area contributed by atoms with Crippen LogP contribution in [0.3, 0.4) is 0 Å². The first-order chi connectivity index (χ1) is 16.5.